The highest BCUT2D eigenvalue weighted by molar-refractivity contribution is 5.69. The first kappa shape index (κ1) is 17.8. The lowest BCUT2D eigenvalue weighted by Gasteiger charge is -2.32. The van der Waals surface area contributed by atoms with E-state index in [-0.39, 0.29) is 6.61 Å². The van der Waals surface area contributed by atoms with E-state index in [1.807, 2.05) is 51.1 Å². The second-order valence-corrected chi connectivity index (χ2v) is 7.30. The number of ether oxygens (including phenoxy) is 2. The molecule has 128 valence electrons. The van der Waals surface area contributed by atoms with Crippen LogP contribution in [0, 0.1) is 0 Å². The molecule has 2 rings (SSSR count). The van der Waals surface area contributed by atoms with Crippen LogP contribution >= 0.6 is 0 Å². The maximum absolute atomic E-state index is 12.3. The number of rotatable bonds is 4. The smallest absolute Gasteiger partial charge is 0.410 e. The second kappa shape index (κ2) is 6.89. The van der Waals surface area contributed by atoms with E-state index in [1.165, 1.54) is 0 Å². The van der Waals surface area contributed by atoms with Gasteiger partial charge in [-0.2, -0.15) is 0 Å². The fraction of sp³-hybridized carbons (Fsp3) is 0.611. The van der Waals surface area contributed by atoms with Gasteiger partial charge < -0.3 is 14.6 Å². The van der Waals surface area contributed by atoms with Crippen LogP contribution < -0.4 is 0 Å². The summed E-state index contributed by atoms with van der Waals surface area (Å²) in [5, 5.41) is 10.5. The van der Waals surface area contributed by atoms with Gasteiger partial charge in [0.15, 0.2) is 0 Å². The molecule has 0 spiro atoms. The zero-order valence-electron chi connectivity index (χ0n) is 14.4. The van der Waals surface area contributed by atoms with Crippen LogP contribution in [0.3, 0.4) is 0 Å². The van der Waals surface area contributed by atoms with Gasteiger partial charge in [-0.05, 0) is 39.7 Å². The number of likely N-dealkylation sites (tertiary alicyclic amines) is 1. The van der Waals surface area contributed by atoms with E-state index >= 15 is 0 Å². The van der Waals surface area contributed by atoms with Gasteiger partial charge in [0.1, 0.15) is 5.60 Å². The number of hydrogen-bond acceptors (Lipinski definition) is 4. The second-order valence-electron chi connectivity index (χ2n) is 7.30. The van der Waals surface area contributed by atoms with Gasteiger partial charge in [0.25, 0.3) is 0 Å². The number of benzene rings is 1. The maximum atomic E-state index is 12.3. The van der Waals surface area contributed by atoms with Crippen molar-refractivity contribution < 1.29 is 19.4 Å². The summed E-state index contributed by atoms with van der Waals surface area (Å²) in [7, 11) is 0. The van der Waals surface area contributed by atoms with Crippen molar-refractivity contribution in [2.45, 2.75) is 58.0 Å². The molecule has 1 aromatic carbocycles. The fourth-order valence-electron chi connectivity index (χ4n) is 2.68. The summed E-state index contributed by atoms with van der Waals surface area (Å²) in [6, 6.07) is 9.43. The minimum absolute atomic E-state index is 0.279. The Morgan fingerprint density at radius 2 is 2.00 bits per heavy atom. The molecule has 0 aliphatic carbocycles. The van der Waals surface area contributed by atoms with Gasteiger partial charge in [0.05, 0.1) is 24.9 Å². The first-order valence-electron chi connectivity index (χ1n) is 8.03. The van der Waals surface area contributed by atoms with Crippen LogP contribution in [0.4, 0.5) is 4.79 Å². The summed E-state index contributed by atoms with van der Waals surface area (Å²) in [4.78, 5) is 13.9. The van der Waals surface area contributed by atoms with Crippen molar-refractivity contribution in [3.63, 3.8) is 0 Å². The Bertz CT molecular complexity index is 522. The van der Waals surface area contributed by atoms with Crippen molar-refractivity contribution in [2.24, 2.45) is 0 Å². The van der Waals surface area contributed by atoms with Crippen molar-refractivity contribution in [3.05, 3.63) is 35.9 Å². The van der Waals surface area contributed by atoms with Gasteiger partial charge in [0.2, 0.25) is 0 Å². The predicted octanol–water partition coefficient (Wildman–Crippen LogP) is 2.96. The van der Waals surface area contributed by atoms with Crippen LogP contribution in [0.15, 0.2) is 30.3 Å². The highest BCUT2D eigenvalue weighted by atomic mass is 16.6. The molecule has 5 heteroatoms. The molecule has 1 heterocycles. The van der Waals surface area contributed by atoms with Crippen molar-refractivity contribution >= 4 is 6.09 Å². The molecule has 1 aromatic rings. The Balaban J connectivity index is 1.96. The summed E-state index contributed by atoms with van der Waals surface area (Å²) in [6.45, 7) is 8.45. The van der Waals surface area contributed by atoms with E-state index in [0.717, 1.165) is 5.56 Å². The SMILES string of the molecule is CC(C)(C)OC(=O)N1CC[C@](C)(O)[C@H]1COCc1ccccc1. The number of nitrogens with zero attached hydrogens (tertiary/aromatic N) is 1. The first-order valence-corrected chi connectivity index (χ1v) is 8.03. The molecule has 5 nitrogen and oxygen atoms in total. The van der Waals surface area contributed by atoms with Crippen molar-refractivity contribution in [2.75, 3.05) is 13.2 Å². The first-order chi connectivity index (χ1) is 10.7. The third-order valence-electron chi connectivity index (χ3n) is 3.97. The third kappa shape index (κ3) is 4.94. The van der Waals surface area contributed by atoms with E-state index in [0.29, 0.717) is 19.6 Å². The van der Waals surface area contributed by atoms with Crippen molar-refractivity contribution in [1.82, 2.24) is 4.90 Å². The lowest BCUT2D eigenvalue weighted by molar-refractivity contribution is -0.0389. The van der Waals surface area contributed by atoms with Gasteiger partial charge in [0, 0.05) is 6.54 Å². The van der Waals surface area contributed by atoms with E-state index < -0.39 is 23.3 Å². The minimum atomic E-state index is -0.965. The lowest BCUT2D eigenvalue weighted by atomic mass is 9.98. The average Bonchev–Trinajstić information content (AvgIpc) is 2.74. The molecule has 1 amide bonds. The predicted molar refractivity (Wildman–Crippen MR) is 88.1 cm³/mol. The topological polar surface area (TPSA) is 59.0 Å². The van der Waals surface area contributed by atoms with Gasteiger partial charge in [-0.3, -0.25) is 4.90 Å². The zero-order valence-corrected chi connectivity index (χ0v) is 14.4. The normalized spacial score (nSPS) is 24.7. The Hall–Kier alpha value is -1.59. The number of aliphatic hydroxyl groups is 1. The summed E-state index contributed by atoms with van der Waals surface area (Å²) in [6.07, 6.45) is 0.120. The van der Waals surface area contributed by atoms with Crippen LogP contribution in [0.5, 0.6) is 0 Å². The molecule has 23 heavy (non-hydrogen) atoms. The number of hydrogen-bond donors (Lipinski definition) is 1. The number of carbonyl (C=O) groups excluding carboxylic acids is 1. The molecule has 0 bridgehead atoms. The van der Waals surface area contributed by atoms with Gasteiger partial charge in [-0.1, -0.05) is 30.3 Å². The maximum Gasteiger partial charge on any atom is 0.410 e. The molecule has 1 fully saturated rings. The summed E-state index contributed by atoms with van der Waals surface area (Å²) >= 11 is 0. The third-order valence-corrected chi connectivity index (χ3v) is 3.97. The van der Waals surface area contributed by atoms with Crippen LogP contribution in [-0.4, -0.2) is 46.5 Å². The highest BCUT2D eigenvalue weighted by Crippen LogP contribution is 2.30. The van der Waals surface area contributed by atoms with E-state index in [1.54, 1.807) is 11.8 Å². The molecule has 2 atom stereocenters. The molecule has 1 aliphatic heterocycles. The molecular weight excluding hydrogens is 294 g/mol. The Morgan fingerprint density at radius 1 is 1.35 bits per heavy atom. The Kier molecular flexibility index (Phi) is 5.32. The van der Waals surface area contributed by atoms with Crippen molar-refractivity contribution in [3.8, 4) is 0 Å². The number of amides is 1. The van der Waals surface area contributed by atoms with Crippen LogP contribution in [0.1, 0.15) is 39.7 Å². The summed E-state index contributed by atoms with van der Waals surface area (Å²) in [5.74, 6) is 0. The van der Waals surface area contributed by atoms with Gasteiger partial charge in [-0.15, -0.1) is 0 Å². The number of carbonyl (C=O) groups is 1. The molecule has 0 saturated carbocycles. The zero-order chi connectivity index (χ0) is 17.1. The van der Waals surface area contributed by atoms with E-state index in [2.05, 4.69) is 0 Å². The Labute approximate surface area is 138 Å². The van der Waals surface area contributed by atoms with Crippen molar-refractivity contribution in [1.29, 1.82) is 0 Å². The molecule has 1 N–H and O–H groups in total. The monoisotopic (exact) mass is 321 g/mol. The molecule has 0 aromatic heterocycles. The summed E-state index contributed by atoms with van der Waals surface area (Å²) < 4.78 is 11.2. The van der Waals surface area contributed by atoms with Crippen LogP contribution in [-0.2, 0) is 16.1 Å². The van der Waals surface area contributed by atoms with Gasteiger partial charge in [-0.25, -0.2) is 4.79 Å². The quantitative estimate of drug-likeness (QED) is 0.926. The highest BCUT2D eigenvalue weighted by Gasteiger charge is 2.46. The lowest BCUT2D eigenvalue weighted by Crippen LogP contribution is -2.49. The summed E-state index contributed by atoms with van der Waals surface area (Å²) in [5.41, 5.74) is -0.455. The molecule has 0 radical (unpaired) electrons. The molecular formula is C18H27NO4. The van der Waals surface area contributed by atoms with Crippen LogP contribution in [0.25, 0.3) is 0 Å². The van der Waals surface area contributed by atoms with Crippen LogP contribution in [0.2, 0.25) is 0 Å². The fourth-order valence-corrected chi connectivity index (χ4v) is 2.68. The largest absolute Gasteiger partial charge is 0.444 e. The Morgan fingerprint density at radius 3 is 2.61 bits per heavy atom. The van der Waals surface area contributed by atoms with E-state index in [4.69, 9.17) is 9.47 Å². The van der Waals surface area contributed by atoms with Gasteiger partial charge >= 0.3 is 6.09 Å². The molecule has 0 unspecified atom stereocenters. The minimum Gasteiger partial charge on any atom is -0.444 e. The molecule has 1 saturated heterocycles. The average molecular weight is 321 g/mol. The molecule has 1 aliphatic rings. The standard InChI is InChI=1S/C18H27NO4/c1-17(2,3)23-16(20)19-11-10-18(4,21)15(19)13-22-12-14-8-6-5-7-9-14/h5-9,15,21H,10-13H2,1-4H3/t15-,18+/m1/s1. The van der Waals surface area contributed by atoms with E-state index in [9.17, 15) is 9.90 Å².